The minimum atomic E-state index is -2.15. The number of ether oxygens (including phenoxy) is 3. The van der Waals surface area contributed by atoms with E-state index in [1.165, 1.54) is 0 Å². The van der Waals surface area contributed by atoms with Gasteiger partial charge in [-0.3, -0.25) is 33.7 Å². The van der Waals surface area contributed by atoms with Crippen LogP contribution in [0.2, 0.25) is 0 Å². The Morgan fingerprint density at radius 3 is 1.82 bits per heavy atom. The predicted molar refractivity (Wildman–Crippen MR) is 157 cm³/mol. The van der Waals surface area contributed by atoms with Crippen LogP contribution in [0.5, 0.6) is 0 Å². The topological polar surface area (TPSA) is 120 Å². The Bertz CT molecular complexity index is 1580. The van der Waals surface area contributed by atoms with Gasteiger partial charge in [-0.1, -0.05) is 91.0 Å². The summed E-state index contributed by atoms with van der Waals surface area (Å²) in [6, 6.07) is 27.0. The molecule has 2 saturated heterocycles. The van der Waals surface area contributed by atoms with Crippen molar-refractivity contribution in [1.82, 2.24) is 9.80 Å². The van der Waals surface area contributed by atoms with Gasteiger partial charge in [0.15, 0.2) is 18.1 Å². The summed E-state index contributed by atoms with van der Waals surface area (Å²) >= 11 is 0. The quantitative estimate of drug-likeness (QED) is 0.157. The zero-order valence-corrected chi connectivity index (χ0v) is 24.8. The van der Waals surface area contributed by atoms with E-state index in [1.54, 1.807) is 44.2 Å². The van der Waals surface area contributed by atoms with E-state index < -0.39 is 53.8 Å². The Morgan fingerprint density at radius 1 is 0.818 bits per heavy atom. The zero-order chi connectivity index (χ0) is 31.6. The van der Waals surface area contributed by atoms with Crippen molar-refractivity contribution in [2.24, 2.45) is 0 Å². The maximum absolute atomic E-state index is 14.1. The Labute approximate surface area is 254 Å². The fourth-order valence-electron chi connectivity index (χ4n) is 5.63. The zero-order valence-electron chi connectivity index (χ0n) is 24.8. The third-order valence-electron chi connectivity index (χ3n) is 7.58. The summed E-state index contributed by atoms with van der Waals surface area (Å²) in [5.74, 6) is -3.86. The van der Waals surface area contributed by atoms with E-state index in [2.05, 4.69) is 0 Å². The molecule has 2 fully saturated rings. The number of ketones is 1. The van der Waals surface area contributed by atoms with Crippen LogP contribution < -0.4 is 0 Å². The highest BCUT2D eigenvalue weighted by molar-refractivity contribution is 6.19. The average molecular weight is 597 g/mol. The van der Waals surface area contributed by atoms with Gasteiger partial charge < -0.3 is 9.47 Å². The minimum Gasteiger partial charge on any atom is -0.448 e. The molecule has 44 heavy (non-hydrogen) atoms. The Balaban J connectivity index is 1.51. The summed E-state index contributed by atoms with van der Waals surface area (Å²) < 4.78 is 17.3. The van der Waals surface area contributed by atoms with Gasteiger partial charge in [0.05, 0.1) is 6.42 Å². The molecule has 0 saturated carbocycles. The molecule has 3 atom stereocenters. The number of allylic oxidation sites excluding steroid dienone is 1. The van der Waals surface area contributed by atoms with Crippen LogP contribution in [0, 0.1) is 0 Å². The van der Waals surface area contributed by atoms with Crippen molar-refractivity contribution in [3.63, 3.8) is 0 Å². The van der Waals surface area contributed by atoms with Crippen LogP contribution in [0.3, 0.4) is 0 Å². The fraction of sp³-hybridized carbons (Fsp3) is 0.265. The smallest absolute Gasteiger partial charge is 0.356 e. The van der Waals surface area contributed by atoms with E-state index in [-0.39, 0.29) is 12.1 Å². The number of Topliss-reactive ketones (excluding diaryl/α,β-unsaturated/α-hetero) is 1. The molecule has 2 heterocycles. The number of carbonyl (C=O) groups is 5. The van der Waals surface area contributed by atoms with Crippen molar-refractivity contribution in [3.05, 3.63) is 119 Å². The molecule has 3 unspecified atom stereocenters. The summed E-state index contributed by atoms with van der Waals surface area (Å²) in [4.78, 5) is 69.0. The van der Waals surface area contributed by atoms with E-state index in [1.807, 2.05) is 60.7 Å². The molecule has 0 radical (unpaired) electrons. The Kier molecular flexibility index (Phi) is 8.46. The van der Waals surface area contributed by atoms with E-state index >= 15 is 0 Å². The van der Waals surface area contributed by atoms with Gasteiger partial charge >= 0.3 is 11.9 Å². The molecule has 2 aliphatic heterocycles. The van der Waals surface area contributed by atoms with E-state index in [0.29, 0.717) is 22.3 Å². The second-order valence-electron chi connectivity index (χ2n) is 10.8. The molecule has 3 aromatic rings. The number of benzene rings is 3. The fourth-order valence-corrected chi connectivity index (χ4v) is 5.63. The molecule has 226 valence electrons. The van der Waals surface area contributed by atoms with E-state index in [0.717, 1.165) is 23.6 Å². The maximum atomic E-state index is 14.1. The molecule has 10 nitrogen and oxygen atoms in total. The highest BCUT2D eigenvalue weighted by Gasteiger charge is 2.77. The van der Waals surface area contributed by atoms with Crippen LogP contribution in [0.25, 0.3) is 0 Å². The highest BCUT2D eigenvalue weighted by Crippen LogP contribution is 2.49. The molecule has 0 spiro atoms. The van der Waals surface area contributed by atoms with Crippen LogP contribution in [-0.2, 0) is 44.6 Å². The number of rotatable bonds is 9. The highest BCUT2D eigenvalue weighted by atomic mass is 16.7. The molecular weight excluding hydrogens is 564 g/mol. The van der Waals surface area contributed by atoms with Crippen LogP contribution in [0.15, 0.2) is 102 Å². The van der Waals surface area contributed by atoms with Crippen molar-refractivity contribution in [2.75, 3.05) is 0 Å². The van der Waals surface area contributed by atoms with Crippen molar-refractivity contribution in [1.29, 1.82) is 0 Å². The maximum Gasteiger partial charge on any atom is 0.356 e. The van der Waals surface area contributed by atoms with Gasteiger partial charge in [0.2, 0.25) is 11.4 Å². The second kappa shape index (κ2) is 12.3. The molecule has 2 aliphatic rings. The third kappa shape index (κ3) is 5.28. The van der Waals surface area contributed by atoms with Gasteiger partial charge in [-0.25, -0.2) is 4.79 Å². The van der Waals surface area contributed by atoms with Crippen LogP contribution in [0.4, 0.5) is 0 Å². The third-order valence-corrected chi connectivity index (χ3v) is 7.58. The number of β-lactam (4-membered cyclic amide) rings is 1. The minimum absolute atomic E-state index is 0.146. The lowest BCUT2D eigenvalue weighted by molar-refractivity contribution is -0.207. The van der Waals surface area contributed by atoms with Crippen molar-refractivity contribution in [2.45, 2.75) is 58.4 Å². The number of hydrogen-bond donors (Lipinski definition) is 0. The van der Waals surface area contributed by atoms with E-state index in [9.17, 15) is 24.0 Å². The average Bonchev–Trinajstić information content (AvgIpc) is 3.30. The van der Waals surface area contributed by atoms with Crippen LogP contribution in [-0.4, -0.2) is 57.5 Å². The normalized spacial score (nSPS) is 20.4. The lowest BCUT2D eigenvalue weighted by Gasteiger charge is -2.51. The van der Waals surface area contributed by atoms with Gasteiger partial charge in [0.25, 0.3) is 12.3 Å². The number of fused-ring (bicyclic) bond motifs is 1. The summed E-state index contributed by atoms with van der Waals surface area (Å²) in [7, 11) is 0. The van der Waals surface area contributed by atoms with Crippen molar-refractivity contribution in [3.8, 4) is 0 Å². The molecule has 0 bridgehead atoms. The molecule has 0 aromatic heterocycles. The van der Waals surface area contributed by atoms with Crippen LogP contribution >= 0.6 is 0 Å². The first kappa shape index (κ1) is 30.4. The number of hydrogen-bond acceptors (Lipinski definition) is 8. The number of likely N-dealkylation sites (tertiary alicyclic amines) is 1. The van der Waals surface area contributed by atoms with Crippen molar-refractivity contribution < 1.29 is 38.2 Å². The van der Waals surface area contributed by atoms with Crippen LogP contribution in [0.1, 0.15) is 50.5 Å². The lowest BCUT2D eigenvalue weighted by atomic mass is 9.80. The Morgan fingerprint density at radius 2 is 1.34 bits per heavy atom. The number of esters is 2. The summed E-state index contributed by atoms with van der Waals surface area (Å²) in [6.45, 7) is 5.52. The van der Waals surface area contributed by atoms with Gasteiger partial charge in [0.1, 0.15) is 5.70 Å². The Hall–Kier alpha value is -5.09. The molecule has 10 heteroatoms. The van der Waals surface area contributed by atoms with Gasteiger partial charge in [-0.05, 0) is 43.0 Å². The number of carbonyl (C=O) groups excluding carboxylic acids is 5. The number of nitrogens with zero attached hydrogens (tertiary/aromatic N) is 2. The molecule has 0 N–H and O–H groups in total. The van der Waals surface area contributed by atoms with Gasteiger partial charge in [-0.2, -0.15) is 0 Å². The second-order valence-corrected chi connectivity index (χ2v) is 10.8. The first-order valence-corrected chi connectivity index (χ1v) is 14.1. The molecule has 0 aliphatic carbocycles. The predicted octanol–water partition coefficient (Wildman–Crippen LogP) is 4.06. The van der Waals surface area contributed by atoms with E-state index in [4.69, 9.17) is 14.2 Å². The molecular formula is C34H32N2O8. The molecule has 5 rings (SSSR count). The summed E-state index contributed by atoms with van der Waals surface area (Å²) in [6.07, 6.45) is -4.12. The first-order chi connectivity index (χ1) is 21.1. The van der Waals surface area contributed by atoms with Gasteiger partial charge in [-0.15, -0.1) is 0 Å². The summed E-state index contributed by atoms with van der Waals surface area (Å²) in [5.41, 5.74) is 0.141. The standard InChI is InChI=1S/C34H32N2O8/c1-21(2)28(30(40)43-29(25-16-10-6-11-17-25)26-18-12-7-13-19-26)35-31(41)34(22(3)37)32(35)44-33(42-23(4)38)36(34)27(39)20-24-14-8-5-9-15-24/h5-19,29,32-33H,20H2,1-4H3. The molecule has 2 amide bonds. The summed E-state index contributed by atoms with van der Waals surface area (Å²) in [5, 5.41) is 0. The first-order valence-electron chi connectivity index (χ1n) is 14.1. The van der Waals surface area contributed by atoms with Gasteiger partial charge in [0, 0.05) is 6.92 Å². The van der Waals surface area contributed by atoms with Crippen molar-refractivity contribution >= 4 is 29.5 Å². The number of amides is 2. The monoisotopic (exact) mass is 596 g/mol. The largest absolute Gasteiger partial charge is 0.448 e. The molecule has 3 aromatic carbocycles. The lowest BCUT2D eigenvalue weighted by Crippen LogP contribution is -2.80. The SMILES string of the molecule is CC(=O)OC1OC2N(C(C(=O)OC(c3ccccc3)c3ccccc3)=C(C)C)C(=O)C2(C(C)=O)N1C(=O)Cc1ccccc1.